The van der Waals surface area contributed by atoms with Crippen molar-refractivity contribution >= 4 is 34.4 Å². The summed E-state index contributed by atoms with van der Waals surface area (Å²) >= 11 is 0. The van der Waals surface area contributed by atoms with E-state index in [1.54, 1.807) is 25.2 Å². The Morgan fingerprint density at radius 3 is 2.56 bits per heavy atom. The number of fused-ring (bicyclic) bond motifs is 1. The first-order valence-corrected chi connectivity index (χ1v) is 12.6. The molecule has 2 N–H and O–H groups in total. The predicted octanol–water partition coefficient (Wildman–Crippen LogP) is 2.94. The van der Waals surface area contributed by atoms with Crippen molar-refractivity contribution in [2.24, 2.45) is 7.05 Å². The van der Waals surface area contributed by atoms with Gasteiger partial charge in [-0.1, -0.05) is 18.9 Å². The number of hydrogen-bond acceptors (Lipinski definition) is 5. The molecule has 36 heavy (non-hydrogen) atoms. The molecule has 4 rings (SSSR count). The van der Waals surface area contributed by atoms with E-state index < -0.39 is 23.6 Å². The fourth-order valence-corrected chi connectivity index (χ4v) is 5.06. The molecule has 2 aromatic rings. The maximum atomic E-state index is 13.2. The molecule has 3 amide bonds. The number of amides is 3. The molecule has 0 bridgehead atoms. The van der Waals surface area contributed by atoms with E-state index in [1.165, 1.54) is 9.13 Å². The Labute approximate surface area is 207 Å². The molecule has 0 spiro atoms. The SMILES string of the molecule is Cn1c(=O)n(C2CCC(=O)NC2=O)c2cccc(NC(=O)CCCCCCN3CCC(F)(F)CC3)c21. The monoisotopic (exact) mass is 505 g/mol. The normalized spacial score (nSPS) is 20.5. The summed E-state index contributed by atoms with van der Waals surface area (Å²) in [6, 6.07) is 4.37. The van der Waals surface area contributed by atoms with Gasteiger partial charge in [0.15, 0.2) is 0 Å². The van der Waals surface area contributed by atoms with E-state index in [0.717, 1.165) is 25.8 Å². The van der Waals surface area contributed by atoms with Gasteiger partial charge in [-0.3, -0.25) is 28.8 Å². The number of carbonyl (C=O) groups is 3. The standard InChI is InChI=1S/C25H33F2N5O4/c1-30-22-17(7-6-8-18(22)32(24(30)36)19-10-11-21(34)29-23(19)35)28-20(33)9-4-2-3-5-14-31-15-12-25(26,27)13-16-31/h6-8,19H,2-5,9-16H2,1H3,(H,28,33)(H,29,34,35). The Hall–Kier alpha value is -3.08. The lowest BCUT2D eigenvalue weighted by atomic mass is 10.1. The molecule has 2 aliphatic rings. The van der Waals surface area contributed by atoms with Crippen molar-refractivity contribution in [2.45, 2.75) is 69.8 Å². The van der Waals surface area contributed by atoms with Gasteiger partial charge in [-0.05, 0) is 37.9 Å². The van der Waals surface area contributed by atoms with Crippen LogP contribution in [0.25, 0.3) is 11.0 Å². The van der Waals surface area contributed by atoms with Gasteiger partial charge < -0.3 is 10.2 Å². The second-order valence-electron chi connectivity index (χ2n) is 9.76. The Morgan fingerprint density at radius 1 is 1.11 bits per heavy atom. The average Bonchev–Trinajstić information content (AvgIpc) is 3.08. The molecule has 2 aliphatic heterocycles. The van der Waals surface area contributed by atoms with Crippen LogP contribution < -0.4 is 16.3 Å². The first-order valence-electron chi connectivity index (χ1n) is 12.6. The second kappa shape index (κ2) is 10.9. The molecular weight excluding hydrogens is 472 g/mol. The summed E-state index contributed by atoms with van der Waals surface area (Å²) in [5.41, 5.74) is 1.14. The maximum Gasteiger partial charge on any atom is 0.329 e. The minimum atomic E-state index is -2.52. The van der Waals surface area contributed by atoms with Crippen LogP contribution in [0.5, 0.6) is 0 Å². The predicted molar refractivity (Wildman–Crippen MR) is 131 cm³/mol. The van der Waals surface area contributed by atoms with Crippen molar-refractivity contribution in [2.75, 3.05) is 25.0 Å². The van der Waals surface area contributed by atoms with Crippen LogP contribution in [-0.4, -0.2) is 57.3 Å². The molecule has 0 radical (unpaired) electrons. The van der Waals surface area contributed by atoms with E-state index in [4.69, 9.17) is 0 Å². The number of likely N-dealkylation sites (tertiary alicyclic amines) is 1. The third kappa shape index (κ3) is 5.83. The molecule has 1 aromatic carbocycles. The summed E-state index contributed by atoms with van der Waals surface area (Å²) in [5.74, 6) is -3.54. The summed E-state index contributed by atoms with van der Waals surface area (Å²) in [4.78, 5) is 51.6. The molecule has 1 aromatic heterocycles. The van der Waals surface area contributed by atoms with Gasteiger partial charge in [0.25, 0.3) is 5.92 Å². The van der Waals surface area contributed by atoms with E-state index in [-0.39, 0.29) is 37.5 Å². The Bertz CT molecular complexity index is 1200. The highest BCUT2D eigenvalue weighted by Gasteiger charge is 2.34. The Morgan fingerprint density at radius 2 is 1.83 bits per heavy atom. The quantitative estimate of drug-likeness (QED) is 0.403. The molecule has 9 nitrogen and oxygen atoms in total. The number of halogens is 2. The van der Waals surface area contributed by atoms with Crippen LogP contribution in [0, 0.1) is 0 Å². The number of hydrogen-bond donors (Lipinski definition) is 2. The maximum absolute atomic E-state index is 13.2. The van der Waals surface area contributed by atoms with E-state index in [9.17, 15) is 28.0 Å². The zero-order chi connectivity index (χ0) is 25.9. The van der Waals surface area contributed by atoms with Gasteiger partial charge in [-0.25, -0.2) is 13.6 Å². The van der Waals surface area contributed by atoms with Crippen LogP contribution in [0.4, 0.5) is 14.5 Å². The summed E-state index contributed by atoms with van der Waals surface area (Å²) in [6.07, 6.45) is 4.01. The number of unbranched alkanes of at least 4 members (excludes halogenated alkanes) is 3. The first-order chi connectivity index (χ1) is 17.2. The number of carbonyl (C=O) groups excluding carboxylic acids is 3. The number of aryl methyl sites for hydroxylation is 1. The highest BCUT2D eigenvalue weighted by atomic mass is 19.3. The Balaban J connectivity index is 1.30. The fourth-order valence-electron chi connectivity index (χ4n) is 5.06. The molecular formula is C25H33F2N5O4. The van der Waals surface area contributed by atoms with Gasteiger partial charge in [-0.2, -0.15) is 0 Å². The summed E-state index contributed by atoms with van der Waals surface area (Å²) in [7, 11) is 1.59. The smallest absolute Gasteiger partial charge is 0.324 e. The topological polar surface area (TPSA) is 105 Å². The van der Waals surface area contributed by atoms with E-state index in [2.05, 4.69) is 15.5 Å². The Kier molecular flexibility index (Phi) is 7.87. The zero-order valence-corrected chi connectivity index (χ0v) is 20.5. The summed E-state index contributed by atoms with van der Waals surface area (Å²) < 4.78 is 29.3. The number of anilines is 1. The van der Waals surface area contributed by atoms with Crippen molar-refractivity contribution in [1.29, 1.82) is 0 Å². The lowest BCUT2D eigenvalue weighted by Crippen LogP contribution is -2.44. The first kappa shape index (κ1) is 26.0. The number of imide groups is 1. The number of aromatic nitrogens is 2. The van der Waals surface area contributed by atoms with Crippen LogP contribution in [0.2, 0.25) is 0 Å². The number of benzene rings is 1. The number of rotatable bonds is 9. The summed E-state index contributed by atoms with van der Waals surface area (Å²) in [5, 5.41) is 5.18. The third-order valence-electron chi connectivity index (χ3n) is 7.11. The van der Waals surface area contributed by atoms with Crippen LogP contribution >= 0.6 is 0 Å². The third-order valence-corrected chi connectivity index (χ3v) is 7.11. The highest BCUT2D eigenvalue weighted by molar-refractivity contribution is 6.02. The fraction of sp³-hybridized carbons (Fsp3) is 0.600. The molecule has 2 fully saturated rings. The van der Waals surface area contributed by atoms with E-state index in [0.29, 0.717) is 42.7 Å². The van der Waals surface area contributed by atoms with Gasteiger partial charge >= 0.3 is 5.69 Å². The molecule has 0 saturated carbocycles. The van der Waals surface area contributed by atoms with Crippen molar-refractivity contribution < 1.29 is 23.2 Å². The number of alkyl halides is 2. The van der Waals surface area contributed by atoms with Crippen molar-refractivity contribution in [3.05, 3.63) is 28.7 Å². The van der Waals surface area contributed by atoms with Gasteiger partial charge in [0, 0.05) is 45.8 Å². The van der Waals surface area contributed by atoms with Crippen molar-refractivity contribution in [3.8, 4) is 0 Å². The second-order valence-corrected chi connectivity index (χ2v) is 9.76. The minimum absolute atomic E-state index is 0.0670. The van der Waals surface area contributed by atoms with Crippen LogP contribution in [0.3, 0.4) is 0 Å². The van der Waals surface area contributed by atoms with Crippen LogP contribution in [-0.2, 0) is 21.4 Å². The number of imidazole rings is 1. The lowest BCUT2D eigenvalue weighted by molar-refractivity contribution is -0.135. The van der Waals surface area contributed by atoms with Crippen LogP contribution in [0.1, 0.15) is 63.8 Å². The molecule has 1 unspecified atom stereocenters. The molecule has 2 saturated heterocycles. The van der Waals surface area contributed by atoms with E-state index in [1.807, 2.05) is 0 Å². The van der Waals surface area contributed by atoms with Gasteiger partial charge in [0.2, 0.25) is 17.7 Å². The summed E-state index contributed by atoms with van der Waals surface area (Å²) in [6.45, 7) is 1.69. The average molecular weight is 506 g/mol. The largest absolute Gasteiger partial charge is 0.329 e. The number of piperidine rings is 2. The molecule has 11 heteroatoms. The zero-order valence-electron chi connectivity index (χ0n) is 20.5. The van der Waals surface area contributed by atoms with Gasteiger partial charge in [0.05, 0.1) is 16.7 Å². The number of nitrogens with one attached hydrogen (secondary N) is 2. The molecule has 196 valence electrons. The minimum Gasteiger partial charge on any atom is -0.324 e. The van der Waals surface area contributed by atoms with Crippen molar-refractivity contribution in [1.82, 2.24) is 19.4 Å². The highest BCUT2D eigenvalue weighted by Crippen LogP contribution is 2.29. The van der Waals surface area contributed by atoms with Crippen LogP contribution in [0.15, 0.2) is 23.0 Å². The number of nitrogens with zero attached hydrogens (tertiary/aromatic N) is 3. The van der Waals surface area contributed by atoms with Gasteiger partial charge in [0.1, 0.15) is 6.04 Å². The van der Waals surface area contributed by atoms with Crippen molar-refractivity contribution in [3.63, 3.8) is 0 Å². The molecule has 3 heterocycles. The molecule has 1 atom stereocenters. The van der Waals surface area contributed by atoms with E-state index >= 15 is 0 Å². The number of para-hydroxylation sites is 1. The molecule has 0 aliphatic carbocycles. The lowest BCUT2D eigenvalue weighted by Gasteiger charge is -2.31. The van der Waals surface area contributed by atoms with Gasteiger partial charge in [-0.15, -0.1) is 0 Å².